The fraction of sp³-hybridized carbons (Fsp3) is 0.367. The third-order valence-electron chi connectivity index (χ3n) is 7.97. The molecule has 0 bridgehead atoms. The highest BCUT2D eigenvalue weighted by Gasteiger charge is 2.35. The van der Waals surface area contributed by atoms with Crippen LogP contribution in [0.4, 0.5) is 10.2 Å². The van der Waals surface area contributed by atoms with Gasteiger partial charge in [-0.15, -0.1) is 23.1 Å². The first kappa shape index (κ1) is 27.0. The van der Waals surface area contributed by atoms with E-state index in [-0.39, 0.29) is 35.5 Å². The number of fused-ring (bicyclic) bond motifs is 1. The van der Waals surface area contributed by atoms with Crippen LogP contribution in [0, 0.1) is 12.7 Å². The van der Waals surface area contributed by atoms with E-state index in [2.05, 4.69) is 29.5 Å². The summed E-state index contributed by atoms with van der Waals surface area (Å²) in [6.07, 6.45) is 1.35. The number of hydrogen-bond donors (Lipinski definition) is 0. The number of rotatable bonds is 5. The van der Waals surface area contributed by atoms with E-state index in [1.54, 1.807) is 23.4 Å². The van der Waals surface area contributed by atoms with E-state index in [9.17, 15) is 14.0 Å². The normalized spacial score (nSPS) is 20.9. The molecular weight excluding hydrogens is 547 g/mol. The second-order valence-electron chi connectivity index (χ2n) is 10.6. The van der Waals surface area contributed by atoms with Crippen molar-refractivity contribution < 1.29 is 13.9 Å². The molecule has 0 aliphatic carbocycles. The molecule has 1 amide bonds. The largest absolute Gasteiger partial charge is 0.383 e. The van der Waals surface area contributed by atoms with E-state index in [1.807, 2.05) is 36.3 Å². The van der Waals surface area contributed by atoms with Crippen LogP contribution in [0.3, 0.4) is 0 Å². The first-order chi connectivity index (χ1) is 19.2. The highest BCUT2D eigenvalue weighted by atomic mass is 32.2. The number of carbonyl (C=O) groups excluding carboxylic acids is 1. The van der Waals surface area contributed by atoms with Gasteiger partial charge in [-0.2, -0.15) is 4.98 Å². The summed E-state index contributed by atoms with van der Waals surface area (Å²) in [5.74, 6) is 0.977. The number of aryl methyl sites for hydroxylation is 1. The third kappa shape index (κ3) is 4.15. The van der Waals surface area contributed by atoms with Gasteiger partial charge in [0, 0.05) is 59.3 Å². The minimum Gasteiger partial charge on any atom is -0.383 e. The quantitative estimate of drug-likeness (QED) is 0.286. The summed E-state index contributed by atoms with van der Waals surface area (Å²) in [6.45, 7) is 11.2. The monoisotopic (exact) mass is 578 g/mol. The molecule has 0 spiro atoms. The molecule has 2 aromatic heterocycles. The zero-order valence-electron chi connectivity index (χ0n) is 22.9. The lowest BCUT2D eigenvalue weighted by atomic mass is 9.95. The van der Waals surface area contributed by atoms with Gasteiger partial charge in [0.1, 0.15) is 11.6 Å². The van der Waals surface area contributed by atoms with Crippen LogP contribution >= 0.6 is 23.1 Å². The maximum absolute atomic E-state index is 14.6. The van der Waals surface area contributed by atoms with Gasteiger partial charge >= 0.3 is 5.69 Å². The van der Waals surface area contributed by atoms with Crippen LogP contribution in [0.2, 0.25) is 0 Å². The van der Waals surface area contributed by atoms with E-state index in [4.69, 9.17) is 4.74 Å². The standard InChI is InChI=1S/C30H31FN4O3S2/c1-6-24(36)34-17(3)12-33(13-18(34)4)29-22-11-16(2)25(20-7-8-23(31)27-21(20)9-10-39-27)28-26(22)35(30(37)32-29)19(14-38-5)15-40-28/h6-11,17-19H,1,12-15H2,2-5H3/t17-,18+,19-/m0/s1. The molecule has 0 saturated carbocycles. The van der Waals surface area contributed by atoms with E-state index < -0.39 is 0 Å². The second kappa shape index (κ2) is 10.3. The van der Waals surface area contributed by atoms with Crippen molar-refractivity contribution >= 4 is 55.8 Å². The molecule has 2 aliphatic heterocycles. The van der Waals surface area contributed by atoms with Gasteiger partial charge in [0.25, 0.3) is 0 Å². The number of ether oxygens (including phenoxy) is 1. The highest BCUT2D eigenvalue weighted by molar-refractivity contribution is 7.99. The number of benzene rings is 2. The predicted molar refractivity (Wildman–Crippen MR) is 161 cm³/mol. The molecule has 1 saturated heterocycles. The first-order valence-corrected chi connectivity index (χ1v) is 15.2. The summed E-state index contributed by atoms with van der Waals surface area (Å²) >= 11 is 3.11. The molecule has 40 heavy (non-hydrogen) atoms. The molecule has 3 atom stereocenters. The Kier molecular flexibility index (Phi) is 6.96. The molecule has 1 fully saturated rings. The minimum atomic E-state index is -0.314. The summed E-state index contributed by atoms with van der Waals surface area (Å²) in [5, 5.41) is 3.69. The average Bonchev–Trinajstić information content (AvgIpc) is 3.42. The zero-order chi connectivity index (χ0) is 28.3. The van der Waals surface area contributed by atoms with Crippen molar-refractivity contribution in [1.29, 1.82) is 0 Å². The molecule has 10 heteroatoms. The van der Waals surface area contributed by atoms with E-state index in [0.29, 0.717) is 36.0 Å². The van der Waals surface area contributed by atoms with Gasteiger partial charge in [0.2, 0.25) is 5.91 Å². The van der Waals surface area contributed by atoms with Crippen LogP contribution in [-0.4, -0.2) is 65.0 Å². The lowest BCUT2D eigenvalue weighted by molar-refractivity contribution is -0.130. The number of piperazine rings is 1. The number of carbonyl (C=O) groups is 1. The van der Waals surface area contributed by atoms with Crippen molar-refractivity contribution in [1.82, 2.24) is 14.5 Å². The van der Waals surface area contributed by atoms with E-state index in [0.717, 1.165) is 37.9 Å². The van der Waals surface area contributed by atoms with Gasteiger partial charge in [-0.25, -0.2) is 9.18 Å². The van der Waals surface area contributed by atoms with Gasteiger partial charge in [0.15, 0.2) is 0 Å². The fourth-order valence-electron chi connectivity index (χ4n) is 6.39. The topological polar surface area (TPSA) is 67.7 Å². The van der Waals surface area contributed by atoms with Gasteiger partial charge in [-0.3, -0.25) is 9.36 Å². The summed E-state index contributed by atoms with van der Waals surface area (Å²) in [6, 6.07) is 7.13. The molecule has 4 aromatic rings. The molecule has 208 valence electrons. The Morgan fingerprint density at radius 3 is 2.67 bits per heavy atom. The maximum atomic E-state index is 14.6. The second-order valence-corrected chi connectivity index (χ2v) is 12.6. The van der Waals surface area contributed by atoms with Crippen molar-refractivity contribution in [3.8, 4) is 11.1 Å². The number of hydrogen-bond acceptors (Lipinski definition) is 7. The van der Waals surface area contributed by atoms with Crippen molar-refractivity contribution in [2.45, 2.75) is 43.8 Å². The SMILES string of the molecule is C=CC(=O)N1[C@H](C)CN(c2nc(=O)n3c4c(c(-c5ccc(F)c6sccc56)c(C)cc24)SC[C@@H]3COC)C[C@@H]1C. The van der Waals surface area contributed by atoms with Crippen LogP contribution in [-0.2, 0) is 9.53 Å². The Morgan fingerprint density at radius 1 is 1.23 bits per heavy atom. The average molecular weight is 579 g/mol. The molecule has 6 rings (SSSR count). The van der Waals surface area contributed by atoms with Crippen LogP contribution in [0.1, 0.15) is 25.5 Å². The third-order valence-corrected chi connectivity index (χ3v) is 10.1. The molecule has 0 N–H and O–H groups in total. The summed E-state index contributed by atoms with van der Waals surface area (Å²) in [4.78, 5) is 35.9. The Hall–Kier alpha value is -3.21. The number of amides is 1. The molecule has 2 aromatic carbocycles. The molecule has 0 unspecified atom stereocenters. The van der Waals surface area contributed by atoms with Gasteiger partial charge in [-0.1, -0.05) is 12.6 Å². The fourth-order valence-corrected chi connectivity index (χ4v) is 8.58. The highest BCUT2D eigenvalue weighted by Crippen LogP contribution is 2.48. The molecule has 7 nitrogen and oxygen atoms in total. The smallest absolute Gasteiger partial charge is 0.350 e. The molecule has 0 radical (unpaired) electrons. The Balaban J connectivity index is 1.60. The van der Waals surface area contributed by atoms with E-state index >= 15 is 0 Å². The summed E-state index contributed by atoms with van der Waals surface area (Å²) in [5.41, 5.74) is 3.54. The van der Waals surface area contributed by atoms with Crippen LogP contribution in [0.5, 0.6) is 0 Å². The lowest BCUT2D eigenvalue weighted by Gasteiger charge is -2.45. The van der Waals surface area contributed by atoms with Gasteiger partial charge in [-0.05, 0) is 61.6 Å². The Labute approximate surface area is 240 Å². The summed E-state index contributed by atoms with van der Waals surface area (Å²) < 4.78 is 22.6. The number of thiophene rings is 1. The molecular formula is C30H31FN4O3S2. The molecule has 4 heterocycles. The zero-order valence-corrected chi connectivity index (χ0v) is 24.6. The predicted octanol–water partition coefficient (Wildman–Crippen LogP) is 5.63. The van der Waals surface area contributed by atoms with Crippen molar-refractivity contribution in [3.05, 3.63) is 64.2 Å². The Bertz CT molecular complexity index is 1720. The lowest BCUT2D eigenvalue weighted by Crippen LogP contribution is -2.58. The number of anilines is 1. The number of halogens is 1. The number of aromatic nitrogens is 2. The Morgan fingerprint density at radius 2 is 1.98 bits per heavy atom. The van der Waals surface area contributed by atoms with Crippen molar-refractivity contribution in [2.24, 2.45) is 0 Å². The van der Waals surface area contributed by atoms with Crippen molar-refractivity contribution in [3.63, 3.8) is 0 Å². The maximum Gasteiger partial charge on any atom is 0.350 e. The number of methoxy groups -OCH3 is 1. The first-order valence-electron chi connectivity index (χ1n) is 13.3. The molecule has 2 aliphatic rings. The van der Waals surface area contributed by atoms with Crippen molar-refractivity contribution in [2.75, 3.05) is 37.5 Å². The number of nitrogens with zero attached hydrogens (tertiary/aromatic N) is 4. The van der Waals surface area contributed by atoms with Crippen LogP contribution in [0.25, 0.3) is 32.1 Å². The minimum absolute atomic E-state index is 0.0806. The van der Waals surface area contributed by atoms with Gasteiger partial charge < -0.3 is 14.5 Å². The van der Waals surface area contributed by atoms with Crippen LogP contribution < -0.4 is 10.6 Å². The van der Waals surface area contributed by atoms with Gasteiger partial charge in [0.05, 0.1) is 22.9 Å². The number of thioether (sulfide) groups is 1. The van der Waals surface area contributed by atoms with Crippen LogP contribution in [0.15, 0.2) is 52.0 Å². The van der Waals surface area contributed by atoms with E-state index in [1.165, 1.54) is 23.5 Å². The summed E-state index contributed by atoms with van der Waals surface area (Å²) in [7, 11) is 1.64.